The maximum absolute atomic E-state index is 11.1. The minimum Gasteiger partial charge on any atom is -0.478 e. The molecule has 0 aliphatic carbocycles. The molecule has 0 radical (unpaired) electrons. The summed E-state index contributed by atoms with van der Waals surface area (Å²) in [6.07, 6.45) is 7.72. The molecule has 0 amide bonds. The molecule has 0 unspecified atom stereocenters. The van der Waals surface area contributed by atoms with Crippen LogP contribution in [0.1, 0.15) is 22.6 Å². The zero-order valence-electron chi connectivity index (χ0n) is 13.8. The maximum Gasteiger partial charge on any atom is 0.335 e. The van der Waals surface area contributed by atoms with Gasteiger partial charge in [-0.3, -0.25) is 4.98 Å². The minimum absolute atomic E-state index is 0.175. The Bertz CT molecular complexity index is 877. The Kier molecular flexibility index (Phi) is 4.98. The summed E-state index contributed by atoms with van der Waals surface area (Å²) in [5.74, 6) is 0.482. The predicted octanol–water partition coefficient (Wildman–Crippen LogP) is 2.24. The van der Waals surface area contributed by atoms with Crippen LogP contribution < -0.4 is 5.32 Å². The van der Waals surface area contributed by atoms with Crippen molar-refractivity contribution >= 4 is 11.9 Å². The zero-order chi connectivity index (χ0) is 17.6. The molecule has 0 spiro atoms. The Hall–Kier alpha value is -3.29. The van der Waals surface area contributed by atoms with E-state index in [9.17, 15) is 4.79 Å². The molecule has 0 saturated carbocycles. The van der Waals surface area contributed by atoms with E-state index in [0.29, 0.717) is 23.9 Å². The topological polar surface area (TPSA) is 106 Å². The molecule has 128 valence electrons. The molecule has 2 N–H and O–H groups in total. The second kappa shape index (κ2) is 7.52. The van der Waals surface area contributed by atoms with Crippen LogP contribution in [-0.2, 0) is 6.54 Å². The molecule has 0 atom stereocenters. The number of aromatic nitrogens is 5. The number of aryl methyl sites for hydroxylation is 2. The highest BCUT2D eigenvalue weighted by molar-refractivity contribution is 5.88. The number of carboxylic acids is 1. The van der Waals surface area contributed by atoms with Crippen molar-refractivity contribution in [3.8, 4) is 11.4 Å². The first-order chi connectivity index (χ1) is 12.1. The Morgan fingerprint density at radius 1 is 1.16 bits per heavy atom. The van der Waals surface area contributed by atoms with Gasteiger partial charge in [-0.25, -0.2) is 19.7 Å². The molecule has 8 heteroatoms. The quantitative estimate of drug-likeness (QED) is 0.636. The number of hydrogen-bond acceptors (Lipinski definition) is 6. The van der Waals surface area contributed by atoms with Crippen molar-refractivity contribution in [2.24, 2.45) is 0 Å². The van der Waals surface area contributed by atoms with Gasteiger partial charge in [0, 0.05) is 37.9 Å². The molecule has 3 aromatic heterocycles. The zero-order valence-corrected chi connectivity index (χ0v) is 13.8. The summed E-state index contributed by atoms with van der Waals surface area (Å²) in [5, 5.41) is 12.2. The van der Waals surface area contributed by atoms with Crippen molar-refractivity contribution in [2.75, 3.05) is 11.9 Å². The predicted molar refractivity (Wildman–Crippen MR) is 92.3 cm³/mol. The summed E-state index contributed by atoms with van der Waals surface area (Å²) in [6.45, 7) is 3.54. The second-order valence-corrected chi connectivity index (χ2v) is 5.45. The van der Waals surface area contributed by atoms with Gasteiger partial charge in [0.25, 0.3) is 0 Å². The van der Waals surface area contributed by atoms with Crippen molar-refractivity contribution in [1.82, 2.24) is 24.5 Å². The summed E-state index contributed by atoms with van der Waals surface area (Å²) in [5.41, 5.74) is 1.25. The van der Waals surface area contributed by atoms with E-state index in [1.54, 1.807) is 18.5 Å². The van der Waals surface area contributed by atoms with Gasteiger partial charge in [0.05, 0.1) is 17.0 Å². The van der Waals surface area contributed by atoms with E-state index < -0.39 is 5.97 Å². The van der Waals surface area contributed by atoms with Crippen LogP contribution in [0.5, 0.6) is 0 Å². The van der Waals surface area contributed by atoms with Gasteiger partial charge < -0.3 is 15.0 Å². The summed E-state index contributed by atoms with van der Waals surface area (Å²) >= 11 is 0. The molecule has 0 bridgehead atoms. The summed E-state index contributed by atoms with van der Waals surface area (Å²) in [7, 11) is 0. The smallest absolute Gasteiger partial charge is 0.335 e. The fourth-order valence-electron chi connectivity index (χ4n) is 2.38. The number of hydrogen-bond donors (Lipinski definition) is 2. The molecule has 3 heterocycles. The van der Waals surface area contributed by atoms with E-state index in [4.69, 9.17) is 5.11 Å². The van der Waals surface area contributed by atoms with E-state index in [0.717, 1.165) is 18.8 Å². The summed E-state index contributed by atoms with van der Waals surface area (Å²) < 4.78 is 2.08. The van der Waals surface area contributed by atoms with Crippen molar-refractivity contribution in [3.05, 3.63) is 54.4 Å². The number of carbonyl (C=O) groups is 1. The second-order valence-electron chi connectivity index (χ2n) is 5.45. The molecule has 0 aliphatic heterocycles. The van der Waals surface area contributed by atoms with Crippen LogP contribution in [0.4, 0.5) is 5.95 Å². The molecule has 3 aromatic rings. The van der Waals surface area contributed by atoms with Gasteiger partial charge in [0.1, 0.15) is 5.82 Å². The molecule has 3 rings (SSSR count). The summed E-state index contributed by atoms with van der Waals surface area (Å²) in [6, 6.07) is 4.65. The van der Waals surface area contributed by atoms with Crippen LogP contribution in [-0.4, -0.2) is 42.1 Å². The van der Waals surface area contributed by atoms with Crippen LogP contribution in [0, 0.1) is 6.92 Å². The van der Waals surface area contributed by atoms with Gasteiger partial charge in [-0.15, -0.1) is 0 Å². The molecule has 8 nitrogen and oxygen atoms in total. The number of nitrogens with one attached hydrogen (secondary N) is 1. The first kappa shape index (κ1) is 16.6. The van der Waals surface area contributed by atoms with Crippen LogP contribution in [0.2, 0.25) is 0 Å². The molecule has 0 saturated heterocycles. The van der Waals surface area contributed by atoms with Gasteiger partial charge in [0.15, 0.2) is 0 Å². The van der Waals surface area contributed by atoms with Crippen LogP contribution >= 0.6 is 0 Å². The number of rotatable bonds is 7. The lowest BCUT2D eigenvalue weighted by atomic mass is 10.2. The molecule has 0 aromatic carbocycles. The van der Waals surface area contributed by atoms with E-state index in [1.165, 1.54) is 18.3 Å². The van der Waals surface area contributed by atoms with Gasteiger partial charge >= 0.3 is 5.97 Å². The van der Waals surface area contributed by atoms with Crippen LogP contribution in [0.25, 0.3) is 11.4 Å². The third-order valence-electron chi connectivity index (χ3n) is 3.71. The standard InChI is InChI=1S/C17H18N6O2/c1-12-18-8-10-23(12)9-2-5-20-17-21-7-4-14(22-17)15-11-13(16(24)25)3-6-19-15/h3-4,6-8,10-11H,2,5,9H2,1H3,(H,24,25)(H,20,21,22). The largest absolute Gasteiger partial charge is 0.478 e. The van der Waals surface area contributed by atoms with Crippen LogP contribution in [0.3, 0.4) is 0 Å². The van der Waals surface area contributed by atoms with Gasteiger partial charge in [-0.1, -0.05) is 0 Å². The lowest BCUT2D eigenvalue weighted by Crippen LogP contribution is -2.09. The number of carboxylic acid groups (broad SMARTS) is 1. The lowest BCUT2D eigenvalue weighted by molar-refractivity contribution is 0.0697. The monoisotopic (exact) mass is 338 g/mol. The highest BCUT2D eigenvalue weighted by Crippen LogP contribution is 2.16. The first-order valence-electron chi connectivity index (χ1n) is 7.88. The number of imidazole rings is 1. The van der Waals surface area contributed by atoms with E-state index in [1.807, 2.05) is 13.1 Å². The van der Waals surface area contributed by atoms with Crippen molar-refractivity contribution in [1.29, 1.82) is 0 Å². The minimum atomic E-state index is -0.995. The van der Waals surface area contributed by atoms with Gasteiger partial charge in [-0.2, -0.15) is 0 Å². The number of anilines is 1. The Balaban J connectivity index is 1.62. The fraction of sp³-hybridized carbons (Fsp3) is 0.235. The van der Waals surface area contributed by atoms with Gasteiger partial charge in [-0.05, 0) is 31.5 Å². The van der Waals surface area contributed by atoms with E-state index in [2.05, 4.69) is 29.8 Å². The van der Waals surface area contributed by atoms with Crippen molar-refractivity contribution < 1.29 is 9.90 Å². The third-order valence-corrected chi connectivity index (χ3v) is 3.71. The highest BCUT2D eigenvalue weighted by Gasteiger charge is 2.08. The lowest BCUT2D eigenvalue weighted by Gasteiger charge is -2.08. The summed E-state index contributed by atoms with van der Waals surface area (Å²) in [4.78, 5) is 28.0. The molecular formula is C17H18N6O2. The van der Waals surface area contributed by atoms with Crippen molar-refractivity contribution in [2.45, 2.75) is 19.9 Å². The van der Waals surface area contributed by atoms with E-state index in [-0.39, 0.29) is 5.56 Å². The Labute approximate surface area is 144 Å². The number of nitrogens with zero attached hydrogens (tertiary/aromatic N) is 5. The maximum atomic E-state index is 11.1. The van der Waals surface area contributed by atoms with E-state index >= 15 is 0 Å². The highest BCUT2D eigenvalue weighted by atomic mass is 16.4. The SMILES string of the molecule is Cc1nccn1CCCNc1nccc(-c2cc(C(=O)O)ccn2)n1. The van der Waals surface area contributed by atoms with Crippen LogP contribution in [0.15, 0.2) is 43.0 Å². The Morgan fingerprint density at radius 3 is 2.76 bits per heavy atom. The average Bonchev–Trinajstić information content (AvgIpc) is 3.04. The number of pyridine rings is 1. The molecule has 0 aliphatic rings. The molecule has 25 heavy (non-hydrogen) atoms. The molecule has 0 fully saturated rings. The van der Waals surface area contributed by atoms with Gasteiger partial charge in [0.2, 0.25) is 5.95 Å². The molecular weight excluding hydrogens is 320 g/mol. The first-order valence-corrected chi connectivity index (χ1v) is 7.88. The number of aromatic carboxylic acids is 1. The van der Waals surface area contributed by atoms with Crippen molar-refractivity contribution in [3.63, 3.8) is 0 Å². The average molecular weight is 338 g/mol. The fourth-order valence-corrected chi connectivity index (χ4v) is 2.38. The Morgan fingerprint density at radius 2 is 2.00 bits per heavy atom. The third kappa shape index (κ3) is 4.17. The normalized spacial score (nSPS) is 10.6.